The third-order valence-electron chi connectivity index (χ3n) is 3.06. The van der Waals surface area contributed by atoms with Crippen LogP contribution >= 0.6 is 0 Å². The van der Waals surface area contributed by atoms with Crippen LogP contribution in [0, 0.1) is 12.7 Å². The van der Waals surface area contributed by atoms with Crippen LogP contribution in [-0.2, 0) is 6.61 Å². The smallest absolute Gasteiger partial charge is 0.387 e. The Morgan fingerprint density at radius 3 is 2.76 bits per heavy atom. The fourth-order valence-corrected chi connectivity index (χ4v) is 1.91. The molecule has 0 fully saturated rings. The van der Waals surface area contributed by atoms with Gasteiger partial charge in [0.1, 0.15) is 12.3 Å². The van der Waals surface area contributed by atoms with Crippen molar-refractivity contribution < 1.29 is 22.6 Å². The number of nitrogens with zero attached hydrogens (tertiary/aromatic N) is 5. The molecule has 0 atom stereocenters. The minimum Gasteiger partial charge on any atom is -0.470 e. The Morgan fingerprint density at radius 2 is 2.04 bits per heavy atom. The Kier molecular flexibility index (Phi) is 4.78. The van der Waals surface area contributed by atoms with Gasteiger partial charge in [-0.15, -0.1) is 5.10 Å². The summed E-state index contributed by atoms with van der Waals surface area (Å²) in [5, 5.41) is 7.74. The van der Waals surface area contributed by atoms with E-state index in [0.29, 0.717) is 17.3 Å². The predicted molar refractivity (Wildman–Crippen MR) is 79.1 cm³/mol. The molecule has 0 saturated heterocycles. The molecule has 10 heteroatoms. The van der Waals surface area contributed by atoms with Crippen LogP contribution in [0.4, 0.5) is 13.2 Å². The number of aromatic nitrogens is 5. The highest BCUT2D eigenvalue weighted by Crippen LogP contribution is 2.22. The molecule has 0 amide bonds. The molecule has 2 aromatic heterocycles. The van der Waals surface area contributed by atoms with Crippen molar-refractivity contribution in [1.29, 1.82) is 0 Å². The first-order chi connectivity index (χ1) is 12.0. The summed E-state index contributed by atoms with van der Waals surface area (Å²) >= 11 is 0. The van der Waals surface area contributed by atoms with Crippen LogP contribution in [-0.4, -0.2) is 31.6 Å². The minimum atomic E-state index is -3.12. The van der Waals surface area contributed by atoms with Gasteiger partial charge in [-0.3, -0.25) is 4.98 Å². The molecule has 0 aliphatic rings. The number of benzene rings is 1. The molecule has 0 unspecified atom stereocenters. The summed E-state index contributed by atoms with van der Waals surface area (Å²) in [5.41, 5.74) is 1.53. The lowest BCUT2D eigenvalue weighted by Crippen LogP contribution is -2.05. The number of alkyl halides is 2. The molecule has 2 heterocycles. The van der Waals surface area contributed by atoms with E-state index in [1.807, 2.05) is 0 Å². The summed E-state index contributed by atoms with van der Waals surface area (Å²) in [7, 11) is 0. The molecule has 0 radical (unpaired) electrons. The van der Waals surface area contributed by atoms with Gasteiger partial charge in [-0.25, -0.2) is 14.1 Å². The Hall–Kier alpha value is -3.17. The molecule has 130 valence electrons. The highest BCUT2D eigenvalue weighted by Gasteiger charge is 2.12. The molecule has 0 bridgehead atoms. The van der Waals surface area contributed by atoms with Gasteiger partial charge in [-0.2, -0.15) is 8.78 Å². The van der Waals surface area contributed by atoms with Gasteiger partial charge in [0.05, 0.1) is 30.0 Å². The van der Waals surface area contributed by atoms with Crippen LogP contribution in [0.25, 0.3) is 5.69 Å². The van der Waals surface area contributed by atoms with Crippen LogP contribution in [0.3, 0.4) is 0 Å². The maximum absolute atomic E-state index is 13.5. The minimum absolute atomic E-state index is 0.0827. The van der Waals surface area contributed by atoms with Crippen LogP contribution in [0.15, 0.2) is 36.8 Å². The van der Waals surface area contributed by atoms with Crippen LogP contribution in [0.1, 0.15) is 11.4 Å². The molecular formula is C15H12F3N5O2. The zero-order valence-corrected chi connectivity index (χ0v) is 12.9. The van der Waals surface area contributed by atoms with Gasteiger partial charge < -0.3 is 9.47 Å². The molecule has 1 aromatic carbocycles. The molecule has 25 heavy (non-hydrogen) atoms. The average molecular weight is 351 g/mol. The van der Waals surface area contributed by atoms with Gasteiger partial charge in [0.2, 0.25) is 5.88 Å². The molecule has 0 spiro atoms. The summed E-state index contributed by atoms with van der Waals surface area (Å²) < 4.78 is 48.8. The molecule has 3 aromatic rings. The largest absolute Gasteiger partial charge is 0.470 e. The van der Waals surface area contributed by atoms with Crippen LogP contribution in [0.2, 0.25) is 0 Å². The monoisotopic (exact) mass is 351 g/mol. The lowest BCUT2D eigenvalue weighted by Gasteiger charge is -2.07. The van der Waals surface area contributed by atoms with E-state index >= 15 is 0 Å². The van der Waals surface area contributed by atoms with Crippen molar-refractivity contribution in [2.45, 2.75) is 20.1 Å². The summed E-state index contributed by atoms with van der Waals surface area (Å²) in [4.78, 5) is 8.08. The van der Waals surface area contributed by atoms with Crippen LogP contribution in [0.5, 0.6) is 11.6 Å². The fraction of sp³-hybridized carbons (Fsp3) is 0.200. The molecule has 0 aliphatic heterocycles. The summed E-state index contributed by atoms with van der Waals surface area (Å²) in [5.74, 6) is -1.14. The van der Waals surface area contributed by atoms with E-state index in [1.165, 1.54) is 23.1 Å². The average Bonchev–Trinajstić information content (AvgIpc) is 3.05. The SMILES string of the molecule is Cc1cnc(OCc2cn(-c3ccc(F)c(OC(F)F)c3)nn2)cn1. The second kappa shape index (κ2) is 7.16. The molecule has 7 nitrogen and oxygen atoms in total. The zero-order chi connectivity index (χ0) is 17.8. The van der Waals surface area contributed by atoms with E-state index in [4.69, 9.17) is 4.74 Å². The Balaban J connectivity index is 1.71. The maximum atomic E-state index is 13.5. The van der Waals surface area contributed by atoms with Gasteiger partial charge in [0.15, 0.2) is 11.6 Å². The van der Waals surface area contributed by atoms with E-state index in [1.54, 1.807) is 13.1 Å². The third kappa shape index (κ3) is 4.22. The number of halogens is 3. The first-order valence-electron chi connectivity index (χ1n) is 7.08. The van der Waals surface area contributed by atoms with Gasteiger partial charge in [-0.1, -0.05) is 5.21 Å². The van der Waals surface area contributed by atoms with E-state index in [9.17, 15) is 13.2 Å². The summed E-state index contributed by atoms with van der Waals surface area (Å²) in [6.07, 6.45) is 4.56. The molecule has 3 rings (SSSR count). The second-order valence-corrected chi connectivity index (χ2v) is 4.93. The summed E-state index contributed by atoms with van der Waals surface area (Å²) in [6.45, 7) is -1.24. The van der Waals surface area contributed by atoms with Crippen molar-refractivity contribution in [3.63, 3.8) is 0 Å². The molecule has 0 saturated carbocycles. The quantitative estimate of drug-likeness (QED) is 0.680. The lowest BCUT2D eigenvalue weighted by molar-refractivity contribution is -0.0521. The van der Waals surface area contributed by atoms with E-state index < -0.39 is 18.2 Å². The normalized spacial score (nSPS) is 10.9. The standard InChI is InChI=1S/C15H12F3N5O2/c1-9-5-20-14(6-19-9)24-8-10-7-23(22-21-10)11-2-3-12(16)13(4-11)25-15(17)18/h2-7,15H,8H2,1H3. The van der Waals surface area contributed by atoms with Crippen molar-refractivity contribution in [2.75, 3.05) is 0 Å². The third-order valence-corrected chi connectivity index (χ3v) is 3.06. The number of rotatable bonds is 6. The van der Waals surface area contributed by atoms with Gasteiger partial charge in [0, 0.05) is 6.07 Å². The fourth-order valence-electron chi connectivity index (χ4n) is 1.91. The molecule has 0 aliphatic carbocycles. The van der Waals surface area contributed by atoms with Gasteiger partial charge in [-0.05, 0) is 19.1 Å². The lowest BCUT2D eigenvalue weighted by atomic mass is 10.3. The topological polar surface area (TPSA) is 75.0 Å². The van der Waals surface area contributed by atoms with Crippen molar-refractivity contribution in [1.82, 2.24) is 25.0 Å². The number of hydrogen-bond donors (Lipinski definition) is 0. The maximum Gasteiger partial charge on any atom is 0.387 e. The first-order valence-corrected chi connectivity index (χ1v) is 7.08. The Morgan fingerprint density at radius 1 is 1.20 bits per heavy atom. The van der Waals surface area contributed by atoms with Crippen LogP contribution < -0.4 is 9.47 Å². The highest BCUT2D eigenvalue weighted by molar-refractivity contribution is 5.39. The molecule has 0 N–H and O–H groups in total. The zero-order valence-electron chi connectivity index (χ0n) is 12.9. The highest BCUT2D eigenvalue weighted by atomic mass is 19.3. The van der Waals surface area contributed by atoms with E-state index in [0.717, 1.165) is 17.8 Å². The predicted octanol–water partition coefficient (Wildman–Crippen LogP) is 2.69. The number of aryl methyl sites for hydroxylation is 1. The number of ether oxygens (including phenoxy) is 2. The van der Waals surface area contributed by atoms with Crippen molar-refractivity contribution in [3.8, 4) is 17.3 Å². The first kappa shape index (κ1) is 16.7. The Bertz CT molecular complexity index is 855. The van der Waals surface area contributed by atoms with Crippen molar-refractivity contribution in [2.24, 2.45) is 0 Å². The van der Waals surface area contributed by atoms with Crippen molar-refractivity contribution >= 4 is 0 Å². The Labute approximate surface area is 140 Å². The van der Waals surface area contributed by atoms with Gasteiger partial charge >= 0.3 is 6.61 Å². The number of hydrogen-bond acceptors (Lipinski definition) is 6. The summed E-state index contributed by atoms with van der Waals surface area (Å²) in [6, 6.07) is 3.47. The van der Waals surface area contributed by atoms with E-state index in [2.05, 4.69) is 25.0 Å². The second-order valence-electron chi connectivity index (χ2n) is 4.93. The molecular weight excluding hydrogens is 339 g/mol. The van der Waals surface area contributed by atoms with Gasteiger partial charge in [0.25, 0.3) is 0 Å². The van der Waals surface area contributed by atoms with E-state index in [-0.39, 0.29) is 6.61 Å². The van der Waals surface area contributed by atoms with Crippen molar-refractivity contribution in [3.05, 3.63) is 54.0 Å².